The molecule has 2 N–H and O–H groups in total. The Labute approximate surface area is 192 Å². The Balaban J connectivity index is 0.000000454. The minimum atomic E-state index is -0.562. The summed E-state index contributed by atoms with van der Waals surface area (Å²) in [6.07, 6.45) is 0. The fourth-order valence-corrected chi connectivity index (χ4v) is 2.31. The van der Waals surface area contributed by atoms with Gasteiger partial charge in [0.25, 0.3) is 0 Å². The number of hydrogen-bond acceptors (Lipinski definition) is 5. The highest BCUT2D eigenvalue weighted by Crippen LogP contribution is 2.20. The topological polar surface area (TPSA) is 102 Å². The SMILES string of the molecule is CC(=O)Nc1ccc(C)c(Cl)c1.CC(=O)Nc1ccc(C)c(Cl)c1.CC(=O)OC(C)=O. The maximum Gasteiger partial charge on any atom is 0.310 e. The van der Waals surface area contributed by atoms with Crippen LogP contribution in [-0.4, -0.2) is 23.8 Å². The van der Waals surface area contributed by atoms with Crippen LogP contribution in [0.25, 0.3) is 0 Å². The Morgan fingerprint density at radius 3 is 1.19 bits per heavy atom. The summed E-state index contributed by atoms with van der Waals surface area (Å²) >= 11 is 11.7. The van der Waals surface area contributed by atoms with Crippen molar-refractivity contribution in [3.05, 3.63) is 57.6 Å². The van der Waals surface area contributed by atoms with Crippen molar-refractivity contribution in [2.45, 2.75) is 41.5 Å². The first-order valence-corrected chi connectivity index (χ1v) is 9.83. The molecule has 0 unspecified atom stereocenters. The molecule has 9 heteroatoms. The molecule has 2 aromatic carbocycles. The van der Waals surface area contributed by atoms with Crippen molar-refractivity contribution in [3.63, 3.8) is 0 Å². The molecule has 0 radical (unpaired) electrons. The second-order valence-corrected chi connectivity index (χ2v) is 7.19. The second-order valence-electron chi connectivity index (χ2n) is 6.38. The van der Waals surface area contributed by atoms with Crippen molar-refractivity contribution in [2.75, 3.05) is 10.6 Å². The number of hydrogen-bond donors (Lipinski definition) is 2. The van der Waals surface area contributed by atoms with Crippen molar-refractivity contribution in [2.24, 2.45) is 0 Å². The summed E-state index contributed by atoms with van der Waals surface area (Å²) in [4.78, 5) is 40.9. The third-order valence-corrected chi connectivity index (χ3v) is 4.09. The van der Waals surface area contributed by atoms with Crippen LogP contribution in [-0.2, 0) is 23.9 Å². The van der Waals surface area contributed by atoms with E-state index in [-0.39, 0.29) is 11.8 Å². The minimum Gasteiger partial charge on any atom is -0.394 e. The molecule has 2 amide bonds. The molecular weight excluding hydrogens is 443 g/mol. The Morgan fingerprint density at radius 1 is 0.677 bits per heavy atom. The molecule has 0 aliphatic rings. The van der Waals surface area contributed by atoms with Gasteiger partial charge in [0.1, 0.15) is 0 Å². The fraction of sp³-hybridized carbons (Fsp3) is 0.273. The monoisotopic (exact) mass is 468 g/mol. The van der Waals surface area contributed by atoms with Gasteiger partial charge in [0, 0.05) is 49.1 Å². The zero-order valence-corrected chi connectivity index (χ0v) is 19.8. The maximum absolute atomic E-state index is 10.7. The molecule has 31 heavy (non-hydrogen) atoms. The average Bonchev–Trinajstić information content (AvgIpc) is 2.60. The molecule has 168 valence electrons. The van der Waals surface area contributed by atoms with Gasteiger partial charge < -0.3 is 15.4 Å². The molecule has 0 aliphatic heterocycles. The van der Waals surface area contributed by atoms with E-state index in [2.05, 4.69) is 15.4 Å². The number of esters is 2. The van der Waals surface area contributed by atoms with E-state index in [4.69, 9.17) is 23.2 Å². The largest absolute Gasteiger partial charge is 0.394 e. The van der Waals surface area contributed by atoms with Crippen LogP contribution >= 0.6 is 23.2 Å². The second kappa shape index (κ2) is 14.2. The number of benzene rings is 2. The van der Waals surface area contributed by atoms with Crippen LogP contribution in [0.1, 0.15) is 38.8 Å². The van der Waals surface area contributed by atoms with E-state index < -0.39 is 11.9 Å². The average molecular weight is 469 g/mol. The molecule has 2 rings (SSSR count). The van der Waals surface area contributed by atoms with Crippen molar-refractivity contribution in [1.29, 1.82) is 0 Å². The normalized spacial score (nSPS) is 9.16. The zero-order chi connectivity index (χ0) is 24.1. The molecule has 0 spiro atoms. The van der Waals surface area contributed by atoms with E-state index in [1.165, 1.54) is 27.7 Å². The van der Waals surface area contributed by atoms with Gasteiger partial charge in [0.05, 0.1) is 0 Å². The number of rotatable bonds is 2. The van der Waals surface area contributed by atoms with E-state index in [1.807, 2.05) is 38.1 Å². The number of carbonyl (C=O) groups is 4. The van der Waals surface area contributed by atoms with Crippen LogP contribution in [0.4, 0.5) is 11.4 Å². The summed E-state index contributed by atoms with van der Waals surface area (Å²) in [6.45, 7) is 9.13. The van der Waals surface area contributed by atoms with Gasteiger partial charge in [-0.05, 0) is 49.2 Å². The van der Waals surface area contributed by atoms with E-state index in [0.29, 0.717) is 10.0 Å². The molecule has 0 bridgehead atoms. The van der Waals surface area contributed by atoms with Crippen molar-refractivity contribution in [3.8, 4) is 0 Å². The molecule has 2 aromatic rings. The molecule has 0 aromatic heterocycles. The lowest BCUT2D eigenvalue weighted by Gasteiger charge is -2.03. The Hall–Kier alpha value is -2.90. The third-order valence-electron chi connectivity index (χ3n) is 3.27. The number of aryl methyl sites for hydroxylation is 2. The first-order valence-electron chi connectivity index (χ1n) is 9.08. The number of amides is 2. The lowest BCUT2D eigenvalue weighted by Crippen LogP contribution is -2.05. The summed E-state index contributed by atoms with van der Waals surface area (Å²) < 4.78 is 3.97. The molecule has 0 heterocycles. The molecule has 0 saturated heterocycles. The van der Waals surface area contributed by atoms with E-state index >= 15 is 0 Å². The summed E-state index contributed by atoms with van der Waals surface area (Å²) in [7, 11) is 0. The summed E-state index contributed by atoms with van der Waals surface area (Å²) in [5.74, 6) is -1.30. The number of carbonyl (C=O) groups excluding carboxylic acids is 4. The Kier molecular flexibility index (Phi) is 12.8. The highest BCUT2D eigenvalue weighted by atomic mass is 35.5. The number of anilines is 2. The number of ether oxygens (including phenoxy) is 1. The van der Waals surface area contributed by atoms with Crippen molar-refractivity contribution in [1.82, 2.24) is 0 Å². The van der Waals surface area contributed by atoms with Gasteiger partial charge in [0.15, 0.2) is 0 Å². The van der Waals surface area contributed by atoms with E-state index in [0.717, 1.165) is 22.5 Å². The zero-order valence-electron chi connectivity index (χ0n) is 18.3. The van der Waals surface area contributed by atoms with Crippen LogP contribution in [0.3, 0.4) is 0 Å². The predicted molar refractivity (Wildman–Crippen MR) is 123 cm³/mol. The van der Waals surface area contributed by atoms with Crippen molar-refractivity contribution >= 4 is 58.3 Å². The summed E-state index contributed by atoms with van der Waals surface area (Å²) in [6, 6.07) is 10.9. The minimum absolute atomic E-state index is 0.0880. The van der Waals surface area contributed by atoms with Crippen LogP contribution in [0.2, 0.25) is 10.0 Å². The lowest BCUT2D eigenvalue weighted by atomic mass is 10.2. The molecular formula is C22H26Cl2N2O5. The molecule has 0 saturated carbocycles. The molecule has 0 aliphatic carbocycles. The smallest absolute Gasteiger partial charge is 0.310 e. The van der Waals surface area contributed by atoms with Gasteiger partial charge in [0.2, 0.25) is 11.8 Å². The van der Waals surface area contributed by atoms with Crippen molar-refractivity contribution < 1.29 is 23.9 Å². The van der Waals surface area contributed by atoms with Crippen LogP contribution in [0.5, 0.6) is 0 Å². The van der Waals surface area contributed by atoms with E-state index in [1.54, 1.807) is 12.1 Å². The molecule has 0 fully saturated rings. The quantitative estimate of drug-likeness (QED) is 0.459. The number of halogens is 2. The highest BCUT2D eigenvalue weighted by Gasteiger charge is 1.99. The van der Waals surface area contributed by atoms with Gasteiger partial charge in [-0.25, -0.2) is 0 Å². The third kappa shape index (κ3) is 13.9. The first kappa shape index (κ1) is 28.1. The molecule has 0 atom stereocenters. The van der Waals surface area contributed by atoms with Crippen LogP contribution in [0.15, 0.2) is 36.4 Å². The van der Waals surface area contributed by atoms with Gasteiger partial charge >= 0.3 is 11.9 Å². The van der Waals surface area contributed by atoms with Gasteiger partial charge in [-0.1, -0.05) is 35.3 Å². The van der Waals surface area contributed by atoms with Gasteiger partial charge in [-0.3, -0.25) is 19.2 Å². The number of nitrogens with one attached hydrogen (secondary N) is 2. The van der Waals surface area contributed by atoms with E-state index in [9.17, 15) is 19.2 Å². The Morgan fingerprint density at radius 2 is 1.00 bits per heavy atom. The standard InChI is InChI=1S/2C9H10ClNO.C4H6O3/c2*1-6-3-4-8(5-9(6)10)11-7(2)12;1-3(5)7-4(2)6/h2*3-5H,1-2H3,(H,11,12);1-2H3. The molecule has 7 nitrogen and oxygen atoms in total. The lowest BCUT2D eigenvalue weighted by molar-refractivity contribution is -0.156. The highest BCUT2D eigenvalue weighted by molar-refractivity contribution is 6.32. The summed E-state index contributed by atoms with van der Waals surface area (Å²) in [5.41, 5.74) is 3.48. The predicted octanol–water partition coefficient (Wildman–Crippen LogP) is 5.31. The Bertz CT molecular complexity index is 870. The van der Waals surface area contributed by atoms with Gasteiger partial charge in [-0.2, -0.15) is 0 Å². The summed E-state index contributed by atoms with van der Waals surface area (Å²) in [5, 5.41) is 6.63. The van der Waals surface area contributed by atoms with Gasteiger partial charge in [-0.15, -0.1) is 0 Å². The first-order chi connectivity index (χ1) is 14.3. The van der Waals surface area contributed by atoms with Crippen LogP contribution < -0.4 is 10.6 Å². The van der Waals surface area contributed by atoms with Crippen LogP contribution in [0, 0.1) is 13.8 Å². The fourth-order valence-electron chi connectivity index (χ4n) is 1.95. The maximum atomic E-state index is 10.7.